The van der Waals surface area contributed by atoms with Crippen LogP contribution in [0.4, 0.5) is 0 Å². The van der Waals surface area contributed by atoms with Gasteiger partial charge in [-0.1, -0.05) is 224 Å². The predicted octanol–water partition coefficient (Wildman–Crippen LogP) is 19.5. The van der Waals surface area contributed by atoms with Crippen LogP contribution in [0.15, 0.2) is 158 Å². The number of hydrogen-bond donors (Lipinski definition) is 0. The van der Waals surface area contributed by atoms with Crippen LogP contribution in [0, 0.1) is 0 Å². The van der Waals surface area contributed by atoms with Gasteiger partial charge in [0.2, 0.25) is 0 Å². The SMILES string of the molecule is CC/C=C\C/C=C\C/C=C\C/C=C\C/C=C\CCCCCCOCC(COC(=O)CCC/C=C\C/C=C\C/C=C\C/C=C\C/C=C\CC)OC(=O)CCCCCCCCC/C=C\C/C=C\C/C=C\CC. The molecule has 1 atom stereocenters. The minimum atomic E-state index is -0.592. The van der Waals surface area contributed by atoms with E-state index in [1.54, 1.807) is 0 Å². The molecule has 0 spiro atoms. The fourth-order valence-electron chi connectivity index (χ4n) is 7.00. The zero-order chi connectivity index (χ0) is 50.6. The fourth-order valence-corrected chi connectivity index (χ4v) is 7.00. The number of carbonyl (C=O) groups is 2. The Morgan fingerprint density at radius 2 is 0.614 bits per heavy atom. The molecule has 70 heavy (non-hydrogen) atoms. The Labute approximate surface area is 431 Å². The van der Waals surface area contributed by atoms with E-state index in [0.29, 0.717) is 19.4 Å². The van der Waals surface area contributed by atoms with Crippen LogP contribution in [0.25, 0.3) is 0 Å². The van der Waals surface area contributed by atoms with Gasteiger partial charge in [-0.15, -0.1) is 0 Å². The highest BCUT2D eigenvalue weighted by Crippen LogP contribution is 2.12. The largest absolute Gasteiger partial charge is 0.462 e. The zero-order valence-electron chi connectivity index (χ0n) is 45.0. The van der Waals surface area contributed by atoms with E-state index in [9.17, 15) is 9.59 Å². The number of ether oxygens (including phenoxy) is 3. The predicted molar refractivity (Wildman–Crippen MR) is 306 cm³/mol. The molecule has 392 valence electrons. The number of allylic oxidation sites excluding steroid dienone is 26. The van der Waals surface area contributed by atoms with Crippen LogP contribution < -0.4 is 0 Å². The third-order valence-corrected chi connectivity index (χ3v) is 11.0. The summed E-state index contributed by atoms with van der Waals surface area (Å²) in [5.74, 6) is -0.503. The molecule has 0 fully saturated rings. The molecule has 0 saturated heterocycles. The van der Waals surface area contributed by atoms with Gasteiger partial charge in [-0.05, 0) is 135 Å². The second-order valence-corrected chi connectivity index (χ2v) is 17.7. The number of carbonyl (C=O) groups excluding carboxylic acids is 2. The monoisotopic (exact) mass is 963 g/mol. The summed E-state index contributed by atoms with van der Waals surface area (Å²) in [6.45, 7) is 7.34. The molecular formula is C65H102O5. The summed E-state index contributed by atoms with van der Waals surface area (Å²) in [4.78, 5) is 25.5. The second-order valence-electron chi connectivity index (χ2n) is 17.7. The molecule has 0 aromatic carbocycles. The van der Waals surface area contributed by atoms with Crippen molar-refractivity contribution in [2.24, 2.45) is 0 Å². The summed E-state index contributed by atoms with van der Waals surface area (Å²) >= 11 is 0. The number of rotatable bonds is 49. The summed E-state index contributed by atoms with van der Waals surface area (Å²) in [7, 11) is 0. The Balaban J connectivity index is 4.48. The van der Waals surface area contributed by atoms with Gasteiger partial charge in [0.15, 0.2) is 6.10 Å². The average molecular weight is 964 g/mol. The van der Waals surface area contributed by atoms with Crippen molar-refractivity contribution >= 4 is 11.9 Å². The molecule has 0 aliphatic carbocycles. The molecule has 0 saturated carbocycles. The van der Waals surface area contributed by atoms with Gasteiger partial charge in [0.05, 0.1) is 6.61 Å². The van der Waals surface area contributed by atoms with Gasteiger partial charge in [-0.2, -0.15) is 0 Å². The van der Waals surface area contributed by atoms with Gasteiger partial charge in [0.1, 0.15) is 6.61 Å². The van der Waals surface area contributed by atoms with Crippen LogP contribution in [0.3, 0.4) is 0 Å². The van der Waals surface area contributed by atoms with Gasteiger partial charge in [-0.25, -0.2) is 0 Å². The van der Waals surface area contributed by atoms with E-state index >= 15 is 0 Å². The van der Waals surface area contributed by atoms with Crippen LogP contribution in [0.1, 0.15) is 213 Å². The van der Waals surface area contributed by atoms with Gasteiger partial charge in [0, 0.05) is 19.4 Å². The molecule has 0 N–H and O–H groups in total. The summed E-state index contributed by atoms with van der Waals surface area (Å²) in [5, 5.41) is 0. The van der Waals surface area contributed by atoms with Crippen molar-refractivity contribution < 1.29 is 23.8 Å². The van der Waals surface area contributed by atoms with Gasteiger partial charge < -0.3 is 14.2 Å². The molecule has 0 aliphatic rings. The number of unbranched alkanes of at least 4 members (excludes halogenated alkanes) is 12. The van der Waals surface area contributed by atoms with Crippen molar-refractivity contribution in [1.82, 2.24) is 0 Å². The van der Waals surface area contributed by atoms with Gasteiger partial charge in [0.25, 0.3) is 0 Å². The molecule has 1 unspecified atom stereocenters. The van der Waals surface area contributed by atoms with Crippen molar-refractivity contribution in [3.63, 3.8) is 0 Å². The summed E-state index contributed by atoms with van der Waals surface area (Å²) in [6, 6.07) is 0. The second kappa shape index (κ2) is 58.8. The zero-order valence-corrected chi connectivity index (χ0v) is 45.0. The van der Waals surface area contributed by atoms with Crippen LogP contribution in [0.2, 0.25) is 0 Å². The molecule has 0 aliphatic heterocycles. The lowest BCUT2D eigenvalue weighted by Crippen LogP contribution is -2.30. The molecule has 5 nitrogen and oxygen atoms in total. The molecule has 0 amide bonds. The lowest BCUT2D eigenvalue weighted by Gasteiger charge is -2.18. The van der Waals surface area contributed by atoms with Crippen molar-refractivity contribution in [3.05, 3.63) is 158 Å². The first-order valence-corrected chi connectivity index (χ1v) is 28.0. The van der Waals surface area contributed by atoms with Crippen LogP contribution >= 0.6 is 0 Å². The Morgan fingerprint density at radius 3 is 1.00 bits per heavy atom. The maximum absolute atomic E-state index is 12.9. The first kappa shape index (κ1) is 65.5. The first-order chi connectivity index (χ1) is 34.6. The lowest BCUT2D eigenvalue weighted by molar-refractivity contribution is -0.163. The highest BCUT2D eigenvalue weighted by atomic mass is 16.6. The molecule has 0 aromatic rings. The van der Waals surface area contributed by atoms with Crippen molar-refractivity contribution in [3.8, 4) is 0 Å². The quantitative estimate of drug-likeness (QED) is 0.0345. The van der Waals surface area contributed by atoms with E-state index in [-0.39, 0.29) is 25.2 Å². The molecule has 0 rings (SSSR count). The molecule has 0 radical (unpaired) electrons. The summed E-state index contributed by atoms with van der Waals surface area (Å²) < 4.78 is 17.4. The molecule has 0 heterocycles. The lowest BCUT2D eigenvalue weighted by atomic mass is 10.1. The molecular weight excluding hydrogens is 861 g/mol. The molecule has 0 aromatic heterocycles. The Hall–Kier alpha value is -4.48. The highest BCUT2D eigenvalue weighted by Gasteiger charge is 2.17. The smallest absolute Gasteiger partial charge is 0.306 e. The van der Waals surface area contributed by atoms with Crippen LogP contribution in [-0.2, 0) is 23.8 Å². The van der Waals surface area contributed by atoms with Gasteiger partial charge in [-0.3, -0.25) is 9.59 Å². The third kappa shape index (κ3) is 56.1. The fraction of sp³-hybridized carbons (Fsp3) is 0.569. The van der Waals surface area contributed by atoms with Gasteiger partial charge >= 0.3 is 11.9 Å². The minimum absolute atomic E-state index is 0.0298. The number of hydrogen-bond acceptors (Lipinski definition) is 5. The van der Waals surface area contributed by atoms with E-state index < -0.39 is 6.10 Å². The number of esters is 2. The first-order valence-electron chi connectivity index (χ1n) is 28.0. The maximum atomic E-state index is 12.9. The Kier molecular flexibility index (Phi) is 55.1. The van der Waals surface area contributed by atoms with E-state index in [4.69, 9.17) is 14.2 Å². The van der Waals surface area contributed by atoms with Crippen molar-refractivity contribution in [2.75, 3.05) is 19.8 Å². The summed E-state index contributed by atoms with van der Waals surface area (Å²) in [6.07, 6.45) is 86.9. The highest BCUT2D eigenvalue weighted by molar-refractivity contribution is 5.70. The van der Waals surface area contributed by atoms with Crippen molar-refractivity contribution in [2.45, 2.75) is 219 Å². The molecule has 5 heteroatoms. The average Bonchev–Trinajstić information content (AvgIpc) is 3.36. The molecule has 0 bridgehead atoms. The normalized spacial score (nSPS) is 13.5. The summed E-state index contributed by atoms with van der Waals surface area (Å²) in [5.41, 5.74) is 0. The van der Waals surface area contributed by atoms with Crippen LogP contribution in [0.5, 0.6) is 0 Å². The maximum Gasteiger partial charge on any atom is 0.306 e. The van der Waals surface area contributed by atoms with Crippen molar-refractivity contribution in [1.29, 1.82) is 0 Å². The Bertz CT molecular complexity index is 1560. The minimum Gasteiger partial charge on any atom is -0.462 e. The van der Waals surface area contributed by atoms with E-state index in [0.717, 1.165) is 154 Å². The standard InChI is InChI=1S/C65H102O5/c1-4-7-10-13-16-19-22-25-28-31-32-33-36-39-42-45-48-51-54-57-60-68-61-63(70-65(67)59-56-53-50-47-44-41-38-35-30-27-24-21-18-15-12-9-6-3)62-69-64(66)58-55-52-49-46-43-40-37-34-29-26-23-20-17-14-11-8-5-2/h7-12,16-21,25-30,32-33,37,39-40,42,46,49,63H,4-6,13-15,22-24,31,34-36,38,41,43-45,47-48,50-62H2,1-3H3/b10-7-,11-8-,12-9-,19-16-,20-17-,21-18-,28-25-,29-26-,30-27-,33-32-,40-37-,42-39-,49-46-. The Morgan fingerprint density at radius 1 is 0.314 bits per heavy atom. The van der Waals surface area contributed by atoms with Crippen LogP contribution in [-0.4, -0.2) is 37.9 Å². The topological polar surface area (TPSA) is 61.8 Å². The van der Waals surface area contributed by atoms with E-state index in [2.05, 4.69) is 179 Å². The van der Waals surface area contributed by atoms with E-state index in [1.165, 1.54) is 25.7 Å². The third-order valence-electron chi connectivity index (χ3n) is 11.0. The van der Waals surface area contributed by atoms with E-state index in [1.807, 2.05) is 0 Å².